The third-order valence-corrected chi connectivity index (χ3v) is 0.337. The van der Waals surface area contributed by atoms with E-state index in [9.17, 15) is 4.79 Å². The minimum Gasteiger partial charge on any atom is -0.480 e. The lowest BCUT2D eigenvalue weighted by Crippen LogP contribution is -2.25. The van der Waals surface area contributed by atoms with Crippen LogP contribution in [0, 0.1) is 0 Å². The second-order valence-electron chi connectivity index (χ2n) is 0.988. The highest BCUT2D eigenvalue weighted by atomic mass is 16.4. The monoisotopic (exact) mass is 91.1 g/mol. The van der Waals surface area contributed by atoms with E-state index in [1.165, 1.54) is 0 Å². The maximum atomic E-state index is 9.71. The molecule has 0 aliphatic heterocycles. The van der Waals surface area contributed by atoms with E-state index in [1.807, 2.05) is 0 Å². The number of rotatable bonds is 1. The lowest BCUT2D eigenvalue weighted by atomic mass is 10.5. The summed E-state index contributed by atoms with van der Waals surface area (Å²) in [5, 5.41) is 7.94. The first-order chi connectivity index (χ1) is 2.94. The molecule has 0 aromatic rings. The van der Waals surface area contributed by atoms with Crippen molar-refractivity contribution in [2.24, 2.45) is 5.73 Å². The van der Waals surface area contributed by atoms with Crippen LogP contribution in [0.2, 0.25) is 0 Å². The number of nitrogens with two attached hydrogens (primary N) is 1. The molecular weight excluding hydrogens is 83.0 g/mol. The Morgan fingerprint density at radius 2 is 2.50 bits per heavy atom. The molecule has 6 heavy (non-hydrogen) atoms. The van der Waals surface area contributed by atoms with Crippen molar-refractivity contribution in [3.63, 3.8) is 0 Å². The molecule has 1 atom stereocenters. The molecule has 36 valence electrons. The molecule has 3 heteroatoms. The quantitative estimate of drug-likeness (QED) is 0.424. The van der Waals surface area contributed by atoms with E-state index in [1.54, 1.807) is 0 Å². The lowest BCUT2D eigenvalue weighted by Gasteiger charge is -1.90. The first kappa shape index (κ1) is 3.61. The van der Waals surface area contributed by atoms with Crippen LogP contribution in [0.1, 0.15) is 8.29 Å². The Labute approximate surface area is 37.2 Å². The van der Waals surface area contributed by atoms with E-state index in [-0.39, 0.29) is 0 Å². The van der Waals surface area contributed by atoms with Crippen LogP contribution in [0.3, 0.4) is 0 Å². The van der Waals surface area contributed by atoms with Crippen molar-refractivity contribution < 1.29 is 11.3 Å². The van der Waals surface area contributed by atoms with Crippen molar-refractivity contribution in [1.29, 1.82) is 0 Å². The van der Waals surface area contributed by atoms with E-state index in [4.69, 9.17) is 12.2 Å². The molecule has 3 nitrogen and oxygen atoms in total. The molecule has 0 bridgehead atoms. The van der Waals surface area contributed by atoms with Crippen LogP contribution >= 0.6 is 0 Å². The van der Waals surface area contributed by atoms with Crippen molar-refractivity contribution in [2.45, 2.75) is 12.9 Å². The standard InChI is InChI=1S/C3H7NO2/c1-2(4)3(5)6/h2H,4H2,1H3,(H,5,6)/i1+1,2D. The summed E-state index contributed by atoms with van der Waals surface area (Å²) in [6.45, 7) is 1.11. The first-order valence-corrected chi connectivity index (χ1v) is 1.47. The van der Waals surface area contributed by atoms with Gasteiger partial charge in [0, 0.05) is 0 Å². The Kier molecular flexibility index (Phi) is 1.06. The van der Waals surface area contributed by atoms with Crippen LogP contribution in [0.25, 0.3) is 0 Å². The molecule has 3 N–H and O–H groups in total. The summed E-state index contributed by atoms with van der Waals surface area (Å²) < 4.78 is 6.56. The van der Waals surface area contributed by atoms with Gasteiger partial charge < -0.3 is 10.8 Å². The third-order valence-electron chi connectivity index (χ3n) is 0.337. The van der Waals surface area contributed by atoms with E-state index in [0.717, 1.165) is 6.92 Å². The molecule has 0 amide bonds. The minimum absolute atomic E-state index is 1.11. The van der Waals surface area contributed by atoms with Crippen LogP contribution in [0.4, 0.5) is 0 Å². The normalized spacial score (nSPS) is 21.3. The van der Waals surface area contributed by atoms with Gasteiger partial charge in [0.2, 0.25) is 0 Å². The molecule has 0 aromatic heterocycles. The number of carbonyl (C=O) groups is 1. The fourth-order valence-corrected chi connectivity index (χ4v) is 0. The lowest BCUT2D eigenvalue weighted by molar-refractivity contribution is -0.138. The highest BCUT2D eigenvalue weighted by Gasteiger charge is 1.99. The third kappa shape index (κ3) is 1.72. The minimum atomic E-state index is -1.83. The number of hydrogen-bond donors (Lipinski definition) is 2. The van der Waals surface area contributed by atoms with Gasteiger partial charge in [0.05, 0.1) is 1.37 Å². The Morgan fingerprint density at radius 1 is 2.33 bits per heavy atom. The smallest absolute Gasteiger partial charge is 0.320 e. The highest BCUT2D eigenvalue weighted by molar-refractivity contribution is 5.72. The van der Waals surface area contributed by atoms with E-state index >= 15 is 0 Å². The summed E-state index contributed by atoms with van der Waals surface area (Å²) in [5.74, 6) is -1.31. The molecule has 0 aliphatic rings. The van der Waals surface area contributed by atoms with Gasteiger partial charge in [-0.3, -0.25) is 4.79 Å². The van der Waals surface area contributed by atoms with Crippen molar-refractivity contribution >= 4 is 5.97 Å². The molecule has 0 saturated carbocycles. The zero-order valence-corrected chi connectivity index (χ0v) is 3.43. The summed E-state index contributed by atoms with van der Waals surface area (Å²) in [6.07, 6.45) is 0. The van der Waals surface area contributed by atoms with Crippen LogP contribution in [-0.2, 0) is 4.79 Å². The summed E-state index contributed by atoms with van der Waals surface area (Å²) in [7, 11) is 0. The topological polar surface area (TPSA) is 63.3 Å². The van der Waals surface area contributed by atoms with Crippen LogP contribution in [0.5, 0.6) is 0 Å². The predicted octanol–water partition coefficient (Wildman–Crippen LogP) is -0.582. The van der Waals surface area contributed by atoms with Crippen LogP contribution < -0.4 is 5.73 Å². The number of carboxylic acids is 1. The summed E-state index contributed by atoms with van der Waals surface area (Å²) in [4.78, 5) is 9.71. The molecule has 0 rings (SSSR count). The SMILES string of the molecule is [2H]C([13CH3])(N)C(=O)O. The summed E-state index contributed by atoms with van der Waals surface area (Å²) >= 11 is 0. The van der Waals surface area contributed by atoms with Gasteiger partial charge in [0.25, 0.3) is 0 Å². The molecule has 0 fully saturated rings. The molecule has 0 aromatic carbocycles. The zero-order valence-electron chi connectivity index (χ0n) is 4.43. The Morgan fingerprint density at radius 3 is 2.50 bits per heavy atom. The Bertz CT molecular complexity index is 85.4. The zero-order chi connectivity index (χ0) is 6.08. The molecule has 0 spiro atoms. The van der Waals surface area contributed by atoms with Crippen LogP contribution in [-0.4, -0.2) is 17.1 Å². The fourth-order valence-electron chi connectivity index (χ4n) is 0. The largest absolute Gasteiger partial charge is 0.480 e. The second-order valence-corrected chi connectivity index (χ2v) is 0.988. The molecule has 0 heterocycles. The average Bonchev–Trinajstić information content (AvgIpc) is 1.31. The van der Waals surface area contributed by atoms with Crippen LogP contribution in [0.15, 0.2) is 0 Å². The van der Waals surface area contributed by atoms with Gasteiger partial charge in [-0.1, -0.05) is 0 Å². The molecular formula is C3H7NO2. The molecule has 0 aliphatic carbocycles. The maximum Gasteiger partial charge on any atom is 0.320 e. The fraction of sp³-hybridized carbons (Fsp3) is 0.667. The Hall–Kier alpha value is -0.570. The van der Waals surface area contributed by atoms with E-state index in [2.05, 4.69) is 0 Å². The molecule has 1 unspecified atom stereocenters. The predicted molar refractivity (Wildman–Crippen MR) is 21.3 cm³/mol. The van der Waals surface area contributed by atoms with E-state index < -0.39 is 12.0 Å². The van der Waals surface area contributed by atoms with Gasteiger partial charge in [-0.05, 0) is 6.92 Å². The highest BCUT2D eigenvalue weighted by Crippen LogP contribution is 1.68. The Balaban J connectivity index is 3.79. The molecule has 0 saturated heterocycles. The number of aliphatic carboxylic acids is 1. The van der Waals surface area contributed by atoms with Crippen molar-refractivity contribution in [1.82, 2.24) is 0 Å². The molecule has 0 radical (unpaired) electrons. The average molecular weight is 91.1 g/mol. The number of hydrogen-bond acceptors (Lipinski definition) is 2. The van der Waals surface area contributed by atoms with Crippen molar-refractivity contribution in [3.8, 4) is 0 Å². The second kappa shape index (κ2) is 1.77. The van der Waals surface area contributed by atoms with Crippen molar-refractivity contribution in [3.05, 3.63) is 0 Å². The summed E-state index contributed by atoms with van der Waals surface area (Å²) in [6, 6.07) is -1.83. The number of carboxylic acid groups (broad SMARTS) is 1. The van der Waals surface area contributed by atoms with Gasteiger partial charge in [0.15, 0.2) is 0 Å². The van der Waals surface area contributed by atoms with Gasteiger partial charge >= 0.3 is 5.97 Å². The van der Waals surface area contributed by atoms with E-state index in [0.29, 0.717) is 0 Å². The van der Waals surface area contributed by atoms with Gasteiger partial charge in [-0.2, -0.15) is 0 Å². The first-order valence-electron chi connectivity index (χ1n) is 1.97. The van der Waals surface area contributed by atoms with Crippen molar-refractivity contribution in [2.75, 3.05) is 0 Å². The maximum absolute atomic E-state index is 9.71. The van der Waals surface area contributed by atoms with Gasteiger partial charge in [-0.25, -0.2) is 0 Å². The summed E-state index contributed by atoms with van der Waals surface area (Å²) in [5.41, 5.74) is 4.75. The van der Waals surface area contributed by atoms with Gasteiger partial charge in [0.1, 0.15) is 6.02 Å². The van der Waals surface area contributed by atoms with Gasteiger partial charge in [-0.15, -0.1) is 0 Å².